The molecule has 6 aromatic rings. The number of benzene rings is 4. The summed E-state index contributed by atoms with van der Waals surface area (Å²) in [7, 11) is 0. The van der Waals surface area contributed by atoms with E-state index in [1.807, 2.05) is 76.2 Å². The van der Waals surface area contributed by atoms with Crippen molar-refractivity contribution in [3.8, 4) is 57.1 Å². The molecule has 2 aliphatic rings. The molecule has 0 bridgehead atoms. The number of amides is 7. The van der Waals surface area contributed by atoms with E-state index in [1.165, 1.54) is 12.1 Å². The number of nitrogens with zero attached hydrogens (tertiary/aromatic N) is 10. The minimum Gasteiger partial charge on any atom is -0.508 e. The molecule has 27 nitrogen and oxygen atoms in total. The van der Waals surface area contributed by atoms with Crippen LogP contribution < -0.4 is 26.6 Å². The van der Waals surface area contributed by atoms with Crippen LogP contribution in [0.4, 0.5) is 0 Å². The van der Waals surface area contributed by atoms with Crippen molar-refractivity contribution in [2.45, 2.75) is 105 Å². The number of carbonyl (C=O) groups is 7. The van der Waals surface area contributed by atoms with Crippen molar-refractivity contribution in [1.82, 2.24) is 75.7 Å². The summed E-state index contributed by atoms with van der Waals surface area (Å²) in [5.41, 5.74) is 4.71. The highest BCUT2D eigenvalue weighted by atomic mass is 16.3. The Morgan fingerprint density at radius 3 is 1.39 bits per heavy atom. The summed E-state index contributed by atoms with van der Waals surface area (Å²) >= 11 is 0. The molecule has 10 N–H and O–H groups in total. The van der Waals surface area contributed by atoms with Crippen molar-refractivity contribution in [2.75, 3.05) is 78.6 Å². The van der Waals surface area contributed by atoms with Crippen LogP contribution >= 0.6 is 0 Å². The number of hydrogen-bond acceptors (Lipinski definition) is 18. The maximum absolute atomic E-state index is 14.1. The lowest BCUT2D eigenvalue weighted by Gasteiger charge is -2.36. The molecule has 90 heavy (non-hydrogen) atoms. The van der Waals surface area contributed by atoms with E-state index in [1.54, 1.807) is 51.8 Å². The topological polar surface area (TPSA) is 355 Å². The molecule has 8 rings (SSSR count). The molecule has 2 fully saturated rings. The number of aromatic hydroxyl groups is 4. The summed E-state index contributed by atoms with van der Waals surface area (Å²) in [5, 5.41) is 82.6. The highest BCUT2D eigenvalue weighted by molar-refractivity contribution is 5.95. The number of nitrogens with one attached hydrogen (secondary N) is 5. The third-order valence-electron chi connectivity index (χ3n) is 15.8. The summed E-state index contributed by atoms with van der Waals surface area (Å²) < 4.78 is 3.11. The van der Waals surface area contributed by atoms with Gasteiger partial charge in [0.1, 0.15) is 35.1 Å². The van der Waals surface area contributed by atoms with Gasteiger partial charge in [0.2, 0.25) is 41.2 Å². The number of phenolic OH excluding ortho intramolecular Hbond substituents is 4. The molecular formula is C63H81N15O12. The van der Waals surface area contributed by atoms with Crippen molar-refractivity contribution in [2.24, 2.45) is 0 Å². The Kier molecular flexibility index (Phi) is 22.3. The van der Waals surface area contributed by atoms with Gasteiger partial charge in [-0.1, -0.05) is 52.0 Å². The van der Waals surface area contributed by atoms with Gasteiger partial charge in [0, 0.05) is 121 Å². The Balaban J connectivity index is 0.868. The number of rotatable bonds is 25. The lowest BCUT2D eigenvalue weighted by Crippen LogP contribution is -2.57. The molecule has 0 aliphatic carbocycles. The van der Waals surface area contributed by atoms with Crippen LogP contribution in [0.1, 0.15) is 123 Å². The second-order valence-corrected chi connectivity index (χ2v) is 23.0. The van der Waals surface area contributed by atoms with Crippen LogP contribution in [0.2, 0.25) is 0 Å². The molecule has 2 saturated heterocycles. The second-order valence-electron chi connectivity index (χ2n) is 23.0. The van der Waals surface area contributed by atoms with Crippen molar-refractivity contribution in [1.29, 1.82) is 0 Å². The van der Waals surface area contributed by atoms with Crippen molar-refractivity contribution >= 4 is 41.4 Å². The van der Waals surface area contributed by atoms with Crippen LogP contribution in [0.5, 0.6) is 23.0 Å². The monoisotopic (exact) mass is 1240 g/mol. The lowest BCUT2D eigenvalue weighted by atomic mass is 9.98. The van der Waals surface area contributed by atoms with E-state index in [-0.39, 0.29) is 101 Å². The van der Waals surface area contributed by atoms with Gasteiger partial charge in [-0.2, -0.15) is 0 Å². The molecule has 2 atom stereocenters. The number of aromatic nitrogens is 6. The Hall–Kier alpha value is -9.47. The van der Waals surface area contributed by atoms with Crippen LogP contribution in [0, 0.1) is 0 Å². The van der Waals surface area contributed by atoms with Gasteiger partial charge in [-0.05, 0) is 91.3 Å². The van der Waals surface area contributed by atoms with E-state index in [2.05, 4.69) is 56.8 Å². The van der Waals surface area contributed by atoms with E-state index < -0.39 is 53.9 Å². The minimum atomic E-state index is -1.36. The largest absolute Gasteiger partial charge is 0.508 e. The van der Waals surface area contributed by atoms with Gasteiger partial charge >= 0.3 is 0 Å². The predicted molar refractivity (Wildman–Crippen MR) is 332 cm³/mol. The van der Waals surface area contributed by atoms with Gasteiger partial charge in [0.15, 0.2) is 11.6 Å². The van der Waals surface area contributed by atoms with Crippen LogP contribution in [0.3, 0.4) is 0 Å². The molecule has 27 heteroatoms. The Bertz CT molecular complexity index is 3550. The molecule has 4 aromatic carbocycles. The van der Waals surface area contributed by atoms with Crippen LogP contribution in [0.25, 0.3) is 34.2 Å². The molecule has 7 amide bonds. The zero-order valence-electron chi connectivity index (χ0n) is 51.8. The SMILES string of the molecule is CCNC(=O)c1nnc(-c2cc(C(C)C)c(O)cc2O)n1-c1ccc(CN2CCN(C(=O)C[C@H](NC(=O)CCNC(=O)CCO)C(=O)N[C@H](C)C(=O)N3CCN(Cc4ccc(-n5c(C(=O)NCC)nnc5-c5cc(C(C)C)c(O)cc5O)cc4)CC3)CC2)cc1. The number of phenols is 4. The van der Waals surface area contributed by atoms with Crippen LogP contribution in [0.15, 0.2) is 72.8 Å². The second kappa shape index (κ2) is 30.2. The first-order valence-corrected chi connectivity index (χ1v) is 30.4. The average molecular weight is 1240 g/mol. The molecule has 2 aromatic heterocycles. The van der Waals surface area contributed by atoms with E-state index in [0.717, 1.165) is 11.1 Å². The molecule has 480 valence electrons. The van der Waals surface area contributed by atoms with Crippen LogP contribution in [-0.2, 0) is 37.1 Å². The third-order valence-corrected chi connectivity index (χ3v) is 15.8. The van der Waals surface area contributed by atoms with Crippen LogP contribution in [-0.4, -0.2) is 207 Å². The van der Waals surface area contributed by atoms with E-state index in [4.69, 9.17) is 5.11 Å². The molecule has 2 aliphatic heterocycles. The fraction of sp³-hybridized carbons (Fsp3) is 0.444. The van der Waals surface area contributed by atoms with Gasteiger partial charge in [-0.15, -0.1) is 20.4 Å². The highest BCUT2D eigenvalue weighted by Gasteiger charge is 2.33. The van der Waals surface area contributed by atoms with Gasteiger partial charge in [-0.25, -0.2) is 0 Å². The fourth-order valence-electron chi connectivity index (χ4n) is 10.9. The van der Waals surface area contributed by atoms with Gasteiger partial charge in [0.25, 0.3) is 11.8 Å². The number of piperazine rings is 2. The number of hydrogen-bond donors (Lipinski definition) is 10. The number of carbonyl (C=O) groups excluding carboxylic acids is 7. The first kappa shape index (κ1) is 66.5. The number of aliphatic hydroxyl groups is 1. The van der Waals surface area contributed by atoms with E-state index in [9.17, 15) is 54.0 Å². The smallest absolute Gasteiger partial charge is 0.289 e. The Morgan fingerprint density at radius 1 is 0.522 bits per heavy atom. The first-order chi connectivity index (χ1) is 43.1. The van der Waals surface area contributed by atoms with E-state index in [0.29, 0.717) is 101 Å². The minimum absolute atomic E-state index is 0.00284. The Morgan fingerprint density at radius 2 is 0.967 bits per heavy atom. The summed E-state index contributed by atoms with van der Waals surface area (Å²) in [4.78, 5) is 101. The van der Waals surface area contributed by atoms with Gasteiger partial charge < -0.3 is 61.9 Å². The zero-order valence-corrected chi connectivity index (χ0v) is 51.8. The molecule has 0 saturated carbocycles. The molecule has 0 radical (unpaired) electrons. The quantitative estimate of drug-likeness (QED) is 0.0394. The summed E-state index contributed by atoms with van der Waals surface area (Å²) in [6.45, 7) is 17.3. The van der Waals surface area contributed by atoms with E-state index >= 15 is 0 Å². The van der Waals surface area contributed by atoms with Crippen molar-refractivity contribution < 1.29 is 59.1 Å². The molecule has 0 unspecified atom stereocenters. The van der Waals surface area contributed by atoms with Crippen molar-refractivity contribution in [3.05, 3.63) is 107 Å². The summed E-state index contributed by atoms with van der Waals surface area (Å²) in [6.07, 6.45) is -0.774. The standard InChI is InChI=1S/C63H81N15O12/c1-8-64-61(88)58-71-69-56(46-30-44(37(3)4)49(80)33-51(46)82)77(58)42-14-10-40(11-15-42)35-73-21-25-75(26-22-73)55(86)32-48(68-54(85)18-20-66-53(84)19-29-79)60(87)67-39(7)63(90)76-27-23-74(24-28-76)36-41-12-16-43(17-13-41)78-57(70-72-59(78)62(89)65-9-2)47-31-45(38(5)6)50(81)34-52(47)83/h10-17,30-31,33-34,37-39,48,79-83H,8-9,18-29,32,35-36H2,1-7H3,(H,64,88)(H,65,89)(H,66,84)(H,67,87)(H,68,85)/t39-,48+/m1/s1. The van der Waals surface area contributed by atoms with Gasteiger partial charge in [0.05, 0.1) is 24.2 Å². The normalized spacial score (nSPS) is 14.5. The maximum atomic E-state index is 14.1. The number of aliphatic hydroxyl groups excluding tert-OH is 1. The summed E-state index contributed by atoms with van der Waals surface area (Å²) in [5.74, 6) is -3.82. The zero-order chi connectivity index (χ0) is 64.9. The first-order valence-electron chi connectivity index (χ1n) is 30.4. The molecular weight excluding hydrogens is 1160 g/mol. The maximum Gasteiger partial charge on any atom is 0.289 e. The Labute approximate surface area is 521 Å². The molecule has 0 spiro atoms. The summed E-state index contributed by atoms with van der Waals surface area (Å²) in [6, 6.07) is 18.3. The average Bonchev–Trinajstić information content (AvgIpc) is 1.69. The van der Waals surface area contributed by atoms with Crippen molar-refractivity contribution in [3.63, 3.8) is 0 Å². The fourth-order valence-corrected chi connectivity index (χ4v) is 10.9. The lowest BCUT2D eigenvalue weighted by molar-refractivity contribution is -0.140. The molecule has 4 heterocycles. The predicted octanol–water partition coefficient (Wildman–Crippen LogP) is 3.01. The highest BCUT2D eigenvalue weighted by Crippen LogP contribution is 2.40. The van der Waals surface area contributed by atoms with Gasteiger partial charge in [-0.3, -0.25) is 52.5 Å². The third kappa shape index (κ3) is 16.0.